The van der Waals surface area contributed by atoms with Gasteiger partial charge in [-0.25, -0.2) is 0 Å². The van der Waals surface area contributed by atoms with Gasteiger partial charge in [0.2, 0.25) is 6.71 Å². The highest BCUT2D eigenvalue weighted by Crippen LogP contribution is 2.48. The van der Waals surface area contributed by atoms with Crippen molar-refractivity contribution in [3.8, 4) is 11.1 Å². The highest BCUT2D eigenvalue weighted by molar-refractivity contribution is 6.95. The standard InChI is InChI=1S/C47H38BN/c1-47(2)45-33-36(24-23-35-25-29-42(30-26-35)49(40-19-11-5-12-20-40)41-21-13-6-14-22-41)27-31-43(45)44-32-28-39(34-46(44)47)48(37-15-7-3-8-16-37)38-17-9-4-10-18-38/h3-34H,1-2H3/b24-23+. The Morgan fingerprint density at radius 3 is 1.39 bits per heavy atom. The van der Waals surface area contributed by atoms with E-state index in [0.717, 1.165) is 17.1 Å². The van der Waals surface area contributed by atoms with Gasteiger partial charge >= 0.3 is 0 Å². The Bertz CT molecular complexity index is 2140. The first-order valence-corrected chi connectivity index (χ1v) is 17.1. The second kappa shape index (κ2) is 13.0. The lowest BCUT2D eigenvalue weighted by Gasteiger charge is -2.25. The molecule has 49 heavy (non-hydrogen) atoms. The molecule has 7 aromatic rings. The Balaban J connectivity index is 1.07. The minimum Gasteiger partial charge on any atom is -0.311 e. The van der Waals surface area contributed by atoms with Crippen molar-refractivity contribution < 1.29 is 0 Å². The zero-order valence-corrected chi connectivity index (χ0v) is 28.0. The molecule has 1 aliphatic rings. The van der Waals surface area contributed by atoms with Crippen LogP contribution in [0.25, 0.3) is 23.3 Å². The van der Waals surface area contributed by atoms with E-state index in [0.29, 0.717) is 0 Å². The number of nitrogens with zero attached hydrogens (tertiary/aromatic N) is 1. The van der Waals surface area contributed by atoms with Crippen LogP contribution in [0.2, 0.25) is 0 Å². The maximum Gasteiger partial charge on any atom is 0.241 e. The zero-order valence-electron chi connectivity index (χ0n) is 28.0. The third kappa shape index (κ3) is 5.92. The average Bonchev–Trinajstić information content (AvgIpc) is 3.38. The number of hydrogen-bond donors (Lipinski definition) is 0. The normalized spacial score (nSPS) is 12.8. The monoisotopic (exact) mass is 627 g/mol. The summed E-state index contributed by atoms with van der Waals surface area (Å²) in [6, 6.07) is 65.8. The van der Waals surface area contributed by atoms with Gasteiger partial charge < -0.3 is 4.90 Å². The molecule has 0 spiro atoms. The predicted molar refractivity (Wildman–Crippen MR) is 212 cm³/mol. The summed E-state index contributed by atoms with van der Waals surface area (Å²) in [5.41, 5.74) is 15.1. The van der Waals surface area contributed by atoms with Crippen LogP contribution < -0.4 is 21.3 Å². The molecule has 2 heteroatoms. The number of anilines is 3. The first-order chi connectivity index (χ1) is 24.1. The fraction of sp³-hybridized carbons (Fsp3) is 0.0638. The Morgan fingerprint density at radius 2 is 0.837 bits per heavy atom. The molecule has 0 atom stereocenters. The Hall–Kier alpha value is -5.86. The van der Waals surface area contributed by atoms with E-state index in [4.69, 9.17) is 0 Å². The van der Waals surface area contributed by atoms with Crippen molar-refractivity contribution >= 4 is 52.3 Å². The molecule has 0 radical (unpaired) electrons. The lowest BCUT2D eigenvalue weighted by atomic mass is 9.36. The molecule has 0 unspecified atom stereocenters. The van der Waals surface area contributed by atoms with Crippen LogP contribution in [0, 0.1) is 0 Å². The number of rotatable bonds is 8. The smallest absolute Gasteiger partial charge is 0.241 e. The maximum absolute atomic E-state index is 2.46. The van der Waals surface area contributed by atoms with Crippen LogP contribution in [0.4, 0.5) is 17.1 Å². The molecule has 0 aromatic heterocycles. The minimum absolute atomic E-state index is 0.109. The molecule has 0 saturated heterocycles. The fourth-order valence-corrected chi connectivity index (χ4v) is 7.45. The van der Waals surface area contributed by atoms with E-state index in [1.165, 1.54) is 49.8 Å². The summed E-state index contributed by atoms with van der Waals surface area (Å²) >= 11 is 0. The highest BCUT2D eigenvalue weighted by Gasteiger charge is 2.36. The molecule has 0 bridgehead atoms. The van der Waals surface area contributed by atoms with Gasteiger partial charge in [0.1, 0.15) is 0 Å². The third-order valence-corrected chi connectivity index (χ3v) is 9.97. The average molecular weight is 628 g/mol. The van der Waals surface area contributed by atoms with Crippen molar-refractivity contribution in [2.24, 2.45) is 0 Å². The summed E-state index contributed by atoms with van der Waals surface area (Å²) in [7, 11) is 0. The van der Waals surface area contributed by atoms with Crippen LogP contribution >= 0.6 is 0 Å². The van der Waals surface area contributed by atoms with Crippen LogP contribution in [0.5, 0.6) is 0 Å². The summed E-state index contributed by atoms with van der Waals surface area (Å²) in [5, 5.41) is 0. The van der Waals surface area contributed by atoms with Gasteiger partial charge in [-0.1, -0.05) is 188 Å². The summed E-state index contributed by atoms with van der Waals surface area (Å²) in [4.78, 5) is 2.29. The highest BCUT2D eigenvalue weighted by atomic mass is 15.1. The molecule has 1 nitrogen and oxygen atoms in total. The molecule has 234 valence electrons. The molecule has 0 N–H and O–H groups in total. The van der Waals surface area contributed by atoms with Crippen LogP contribution in [0.1, 0.15) is 36.1 Å². The van der Waals surface area contributed by atoms with Gasteiger partial charge in [0, 0.05) is 22.5 Å². The molecular weight excluding hydrogens is 589 g/mol. The molecule has 1 aliphatic carbocycles. The van der Waals surface area contributed by atoms with Crippen molar-refractivity contribution in [2.75, 3.05) is 4.90 Å². The maximum atomic E-state index is 2.46. The van der Waals surface area contributed by atoms with Gasteiger partial charge in [0.25, 0.3) is 0 Å². The first kappa shape index (κ1) is 30.5. The Kier molecular flexibility index (Phi) is 8.07. The summed E-state index contributed by atoms with van der Waals surface area (Å²) in [5.74, 6) is 0. The second-order valence-electron chi connectivity index (χ2n) is 13.4. The van der Waals surface area contributed by atoms with Gasteiger partial charge in [-0.3, -0.25) is 0 Å². The molecule has 8 rings (SSSR count). The van der Waals surface area contributed by atoms with E-state index >= 15 is 0 Å². The van der Waals surface area contributed by atoms with E-state index in [1.807, 2.05) is 0 Å². The van der Waals surface area contributed by atoms with Gasteiger partial charge in [-0.2, -0.15) is 0 Å². The summed E-state index contributed by atoms with van der Waals surface area (Å²) in [6.07, 6.45) is 4.46. The van der Waals surface area contributed by atoms with E-state index < -0.39 is 0 Å². The Labute approximate surface area is 290 Å². The number of benzene rings is 7. The SMILES string of the molecule is CC1(C)c2cc(/C=C/c3ccc(N(c4ccccc4)c4ccccc4)cc3)ccc2-c2ccc(B(c3ccccc3)c3ccccc3)cc21. The molecule has 0 saturated carbocycles. The lowest BCUT2D eigenvalue weighted by Crippen LogP contribution is -2.52. The second-order valence-corrected chi connectivity index (χ2v) is 13.4. The molecule has 0 amide bonds. The first-order valence-electron chi connectivity index (χ1n) is 17.1. The largest absolute Gasteiger partial charge is 0.311 e. The Morgan fingerprint density at radius 1 is 0.408 bits per heavy atom. The summed E-state index contributed by atoms with van der Waals surface area (Å²) in [6.45, 7) is 4.93. The molecule has 7 aromatic carbocycles. The van der Waals surface area contributed by atoms with Crippen LogP contribution in [-0.4, -0.2) is 6.71 Å². The quantitative estimate of drug-likeness (QED) is 0.120. The van der Waals surface area contributed by atoms with E-state index in [9.17, 15) is 0 Å². The van der Waals surface area contributed by atoms with Crippen molar-refractivity contribution in [1.29, 1.82) is 0 Å². The van der Waals surface area contributed by atoms with Crippen molar-refractivity contribution in [1.82, 2.24) is 0 Å². The molecular formula is C47H38BN. The van der Waals surface area contributed by atoms with Crippen LogP contribution in [0.15, 0.2) is 182 Å². The van der Waals surface area contributed by atoms with E-state index in [-0.39, 0.29) is 12.1 Å². The van der Waals surface area contributed by atoms with Crippen LogP contribution in [0.3, 0.4) is 0 Å². The van der Waals surface area contributed by atoms with Gasteiger partial charge in [-0.15, -0.1) is 0 Å². The fourth-order valence-electron chi connectivity index (χ4n) is 7.45. The van der Waals surface area contributed by atoms with Gasteiger partial charge in [-0.05, 0) is 69.8 Å². The topological polar surface area (TPSA) is 3.24 Å². The van der Waals surface area contributed by atoms with Crippen molar-refractivity contribution in [2.45, 2.75) is 19.3 Å². The van der Waals surface area contributed by atoms with Gasteiger partial charge in [0.15, 0.2) is 0 Å². The predicted octanol–water partition coefficient (Wildman–Crippen LogP) is 10.1. The molecule has 0 heterocycles. The third-order valence-electron chi connectivity index (χ3n) is 9.97. The lowest BCUT2D eigenvalue weighted by molar-refractivity contribution is 0.660. The minimum atomic E-state index is -0.109. The summed E-state index contributed by atoms with van der Waals surface area (Å²) < 4.78 is 0. The number of hydrogen-bond acceptors (Lipinski definition) is 1. The number of para-hydroxylation sites is 2. The van der Waals surface area contributed by atoms with Gasteiger partial charge in [0.05, 0.1) is 0 Å². The molecule has 0 aliphatic heterocycles. The van der Waals surface area contributed by atoms with E-state index in [2.05, 4.69) is 213 Å². The zero-order chi connectivity index (χ0) is 33.2. The van der Waals surface area contributed by atoms with Crippen LogP contribution in [-0.2, 0) is 5.41 Å². The van der Waals surface area contributed by atoms with Crippen molar-refractivity contribution in [3.63, 3.8) is 0 Å². The molecule has 0 fully saturated rings. The number of fused-ring (bicyclic) bond motifs is 3. The van der Waals surface area contributed by atoms with E-state index in [1.54, 1.807) is 0 Å². The van der Waals surface area contributed by atoms with Crippen molar-refractivity contribution in [3.05, 3.63) is 204 Å².